The van der Waals surface area contributed by atoms with E-state index in [2.05, 4.69) is 24.5 Å². The number of hydrogen-bond acceptors (Lipinski definition) is 2. The summed E-state index contributed by atoms with van der Waals surface area (Å²) in [6.07, 6.45) is 0.914. The van der Waals surface area contributed by atoms with Gasteiger partial charge >= 0.3 is 0 Å². The van der Waals surface area contributed by atoms with E-state index in [1.54, 1.807) is 6.07 Å². The fraction of sp³-hybridized carbons (Fsp3) is 0.364. The smallest absolute Gasteiger partial charge is 0.232 e. The average molecular weight is 352 g/mol. The molecule has 4 heteroatoms. The second-order valence-corrected chi connectivity index (χ2v) is 6.99. The second-order valence-electron chi connectivity index (χ2n) is 6.99. The summed E-state index contributed by atoms with van der Waals surface area (Å²) in [7, 11) is 0. The number of anilines is 2. The Balaban J connectivity index is 2.17. The van der Waals surface area contributed by atoms with E-state index in [4.69, 9.17) is 0 Å². The highest BCUT2D eigenvalue weighted by Crippen LogP contribution is 2.29. The molecule has 0 aliphatic heterocycles. The molecule has 2 aromatic rings. The topological polar surface area (TPSA) is 58.2 Å². The summed E-state index contributed by atoms with van der Waals surface area (Å²) < 4.78 is 0. The third-order valence-electron chi connectivity index (χ3n) is 4.58. The molecule has 0 aliphatic rings. The van der Waals surface area contributed by atoms with Gasteiger partial charge in [0.15, 0.2) is 0 Å². The zero-order valence-corrected chi connectivity index (χ0v) is 16.0. The lowest BCUT2D eigenvalue weighted by Crippen LogP contribution is -2.26. The van der Waals surface area contributed by atoms with E-state index >= 15 is 0 Å². The number of hydrogen-bond donors (Lipinski definition) is 2. The number of nitrogens with one attached hydrogen (secondary N) is 2. The van der Waals surface area contributed by atoms with Crippen molar-refractivity contribution < 1.29 is 9.59 Å². The van der Waals surface area contributed by atoms with Crippen LogP contribution < -0.4 is 10.6 Å². The minimum absolute atomic E-state index is 0.0297. The van der Waals surface area contributed by atoms with Gasteiger partial charge in [-0.05, 0) is 29.7 Å². The predicted molar refractivity (Wildman–Crippen MR) is 107 cm³/mol. The molecule has 138 valence electrons. The summed E-state index contributed by atoms with van der Waals surface area (Å²) in [6.45, 7) is 7.88. The Hall–Kier alpha value is -2.62. The fourth-order valence-electron chi connectivity index (χ4n) is 2.82. The van der Waals surface area contributed by atoms with E-state index in [1.165, 1.54) is 0 Å². The van der Waals surface area contributed by atoms with Crippen LogP contribution in [0.4, 0.5) is 11.4 Å². The molecule has 0 radical (unpaired) electrons. The Bertz CT molecular complexity index is 741. The summed E-state index contributed by atoms with van der Waals surface area (Å²) in [4.78, 5) is 24.8. The third-order valence-corrected chi connectivity index (χ3v) is 4.58. The van der Waals surface area contributed by atoms with Crippen LogP contribution in [0.2, 0.25) is 0 Å². The van der Waals surface area contributed by atoms with Crippen molar-refractivity contribution in [2.45, 2.75) is 40.0 Å². The highest BCUT2D eigenvalue weighted by atomic mass is 16.2. The zero-order valence-electron chi connectivity index (χ0n) is 16.0. The van der Waals surface area contributed by atoms with Gasteiger partial charge in [-0.15, -0.1) is 0 Å². The van der Waals surface area contributed by atoms with E-state index in [0.29, 0.717) is 11.4 Å². The number of amides is 2. The number of benzene rings is 2. The molecule has 0 saturated carbocycles. The maximum Gasteiger partial charge on any atom is 0.232 e. The van der Waals surface area contributed by atoms with Gasteiger partial charge in [-0.1, -0.05) is 70.5 Å². The molecule has 0 bridgehead atoms. The summed E-state index contributed by atoms with van der Waals surface area (Å²) in [5, 5.41) is 5.87. The molecule has 2 amide bonds. The Morgan fingerprint density at radius 1 is 0.846 bits per heavy atom. The summed E-state index contributed by atoms with van der Waals surface area (Å²) in [5.41, 5.74) is 2.38. The standard InChI is InChI=1S/C22H28N2O2/c1-5-16(4)20(17-10-7-6-8-11-17)22(26)24-19-13-9-12-18(14-19)23-21(25)15(2)3/h6-16,20H,5H2,1-4H3,(H,23,25)(H,24,26). The molecule has 2 atom stereocenters. The Kier molecular flexibility index (Phi) is 6.96. The quantitative estimate of drug-likeness (QED) is 0.732. The molecule has 4 nitrogen and oxygen atoms in total. The number of carbonyl (C=O) groups excluding carboxylic acids is 2. The van der Waals surface area contributed by atoms with Crippen LogP contribution in [-0.2, 0) is 9.59 Å². The fourth-order valence-corrected chi connectivity index (χ4v) is 2.82. The summed E-state index contributed by atoms with van der Waals surface area (Å²) in [6, 6.07) is 17.1. The van der Waals surface area contributed by atoms with Crippen molar-refractivity contribution in [1.82, 2.24) is 0 Å². The molecule has 2 unspecified atom stereocenters. The van der Waals surface area contributed by atoms with Crippen LogP contribution in [0.3, 0.4) is 0 Å². The first-order valence-electron chi connectivity index (χ1n) is 9.19. The lowest BCUT2D eigenvalue weighted by Gasteiger charge is -2.23. The first kappa shape index (κ1) is 19.7. The lowest BCUT2D eigenvalue weighted by atomic mass is 9.85. The zero-order chi connectivity index (χ0) is 19.1. The van der Waals surface area contributed by atoms with Crippen LogP contribution in [-0.4, -0.2) is 11.8 Å². The second kappa shape index (κ2) is 9.18. The van der Waals surface area contributed by atoms with E-state index in [-0.39, 0.29) is 29.6 Å². The van der Waals surface area contributed by atoms with Gasteiger partial charge in [0, 0.05) is 17.3 Å². The van der Waals surface area contributed by atoms with E-state index in [1.807, 2.05) is 62.4 Å². The third kappa shape index (κ3) is 5.19. The Morgan fingerprint density at radius 2 is 1.42 bits per heavy atom. The molecule has 2 N–H and O–H groups in total. The van der Waals surface area contributed by atoms with Crippen molar-refractivity contribution in [2.75, 3.05) is 10.6 Å². The van der Waals surface area contributed by atoms with Gasteiger partial charge in [-0.2, -0.15) is 0 Å². The van der Waals surface area contributed by atoms with E-state index in [9.17, 15) is 9.59 Å². The highest BCUT2D eigenvalue weighted by molar-refractivity contribution is 5.97. The minimum Gasteiger partial charge on any atom is -0.326 e. The van der Waals surface area contributed by atoms with Gasteiger partial charge in [-0.25, -0.2) is 0 Å². The van der Waals surface area contributed by atoms with Crippen LogP contribution in [0.25, 0.3) is 0 Å². The van der Waals surface area contributed by atoms with Crippen molar-refractivity contribution >= 4 is 23.2 Å². The molecule has 2 aromatic carbocycles. The maximum atomic E-state index is 13.0. The maximum absolute atomic E-state index is 13.0. The van der Waals surface area contributed by atoms with Crippen LogP contribution in [0, 0.1) is 11.8 Å². The van der Waals surface area contributed by atoms with Gasteiger partial charge in [0.05, 0.1) is 5.92 Å². The van der Waals surface area contributed by atoms with Crippen molar-refractivity contribution in [2.24, 2.45) is 11.8 Å². The highest BCUT2D eigenvalue weighted by Gasteiger charge is 2.25. The summed E-state index contributed by atoms with van der Waals surface area (Å²) in [5.74, 6) is -0.162. The van der Waals surface area contributed by atoms with Crippen LogP contribution in [0.5, 0.6) is 0 Å². The van der Waals surface area contributed by atoms with Crippen LogP contribution in [0.1, 0.15) is 45.6 Å². The first-order chi connectivity index (χ1) is 12.4. The SMILES string of the molecule is CCC(C)C(C(=O)Nc1cccc(NC(=O)C(C)C)c1)c1ccccc1. The average Bonchev–Trinajstić information content (AvgIpc) is 2.62. The molecular weight excluding hydrogens is 324 g/mol. The van der Waals surface area contributed by atoms with Crippen molar-refractivity contribution in [3.05, 3.63) is 60.2 Å². The molecule has 0 saturated heterocycles. The van der Waals surface area contributed by atoms with Gasteiger partial charge in [0.2, 0.25) is 11.8 Å². The lowest BCUT2D eigenvalue weighted by molar-refractivity contribution is -0.119. The Morgan fingerprint density at radius 3 is 1.96 bits per heavy atom. The van der Waals surface area contributed by atoms with Crippen LogP contribution >= 0.6 is 0 Å². The van der Waals surface area contributed by atoms with Crippen LogP contribution in [0.15, 0.2) is 54.6 Å². The minimum atomic E-state index is -0.213. The molecule has 0 aliphatic carbocycles. The Labute approximate surface area is 156 Å². The predicted octanol–water partition coefficient (Wildman–Crippen LogP) is 5.05. The number of rotatable bonds is 7. The van der Waals surface area contributed by atoms with E-state index < -0.39 is 0 Å². The molecule has 2 rings (SSSR count). The van der Waals surface area contributed by atoms with Gasteiger partial charge in [-0.3, -0.25) is 9.59 Å². The van der Waals surface area contributed by atoms with Crippen molar-refractivity contribution in [1.29, 1.82) is 0 Å². The molecule has 0 spiro atoms. The van der Waals surface area contributed by atoms with Gasteiger partial charge in [0.25, 0.3) is 0 Å². The van der Waals surface area contributed by atoms with Crippen molar-refractivity contribution in [3.8, 4) is 0 Å². The van der Waals surface area contributed by atoms with Gasteiger partial charge in [0.1, 0.15) is 0 Å². The molecule has 0 aromatic heterocycles. The van der Waals surface area contributed by atoms with E-state index in [0.717, 1.165) is 12.0 Å². The summed E-state index contributed by atoms with van der Waals surface area (Å²) >= 11 is 0. The van der Waals surface area contributed by atoms with Crippen molar-refractivity contribution in [3.63, 3.8) is 0 Å². The molecular formula is C22H28N2O2. The van der Waals surface area contributed by atoms with Gasteiger partial charge < -0.3 is 10.6 Å². The molecule has 0 fully saturated rings. The normalized spacial score (nSPS) is 13.1. The monoisotopic (exact) mass is 352 g/mol. The largest absolute Gasteiger partial charge is 0.326 e. The first-order valence-corrected chi connectivity index (χ1v) is 9.19. The molecule has 26 heavy (non-hydrogen) atoms. The number of carbonyl (C=O) groups is 2. The molecule has 0 heterocycles.